The van der Waals surface area contributed by atoms with Gasteiger partial charge in [-0.1, -0.05) is 92.8 Å². The summed E-state index contributed by atoms with van der Waals surface area (Å²) >= 11 is 1.89. The number of carbonyl (C=O) groups is 6. The first-order valence-electron chi connectivity index (χ1n) is 18.4. The smallest absolute Gasteiger partial charge is 0.408 e. The van der Waals surface area contributed by atoms with Crippen molar-refractivity contribution >= 4 is 58.4 Å². The van der Waals surface area contributed by atoms with Crippen LogP contribution in [0.1, 0.15) is 85.3 Å². The lowest BCUT2D eigenvalue weighted by Crippen LogP contribution is -2.59. The van der Waals surface area contributed by atoms with Crippen LogP contribution in [0.2, 0.25) is 0 Å². The Kier molecular flexibility index (Phi) is 19.8. The molecule has 6 N–H and O–H groups in total. The van der Waals surface area contributed by atoms with Crippen LogP contribution in [-0.4, -0.2) is 80.6 Å². The SMILES string of the molecule is CC(C)C[C@H](NC(=O)[C@H](CCCCNC(=O)OCc1ccccc1)NC(=O)[C@@H](NC(=O)OC(C)(C)C)C(C)C)C(=O)NN(Cc1ccc(O)cc1)C(=O)CI. The fraction of sp³-hybridized carbons (Fsp3) is 0.538. The summed E-state index contributed by atoms with van der Waals surface area (Å²) in [6.45, 7) is 12.7. The first kappa shape index (κ1) is 46.5. The van der Waals surface area contributed by atoms with Gasteiger partial charge in [-0.15, -0.1) is 0 Å². The highest BCUT2D eigenvalue weighted by molar-refractivity contribution is 14.1. The fourth-order valence-corrected chi connectivity index (χ4v) is 5.58. The molecule has 0 saturated carbocycles. The second-order valence-corrected chi connectivity index (χ2v) is 15.6. The number of hydrazine groups is 1. The number of nitrogens with zero attached hydrogens (tertiary/aromatic N) is 1. The van der Waals surface area contributed by atoms with Crippen LogP contribution < -0.4 is 26.7 Å². The highest BCUT2D eigenvalue weighted by Crippen LogP contribution is 2.14. The summed E-state index contributed by atoms with van der Waals surface area (Å²) < 4.78 is 10.7. The molecule has 304 valence electrons. The van der Waals surface area contributed by atoms with E-state index in [9.17, 15) is 33.9 Å². The normalized spacial score (nSPS) is 12.8. The molecule has 15 nitrogen and oxygen atoms in total. The summed E-state index contributed by atoms with van der Waals surface area (Å²) in [7, 11) is 0. The third-order valence-corrected chi connectivity index (χ3v) is 8.59. The Morgan fingerprint density at radius 3 is 2.00 bits per heavy atom. The minimum absolute atomic E-state index is 0.0178. The number of rotatable bonds is 19. The second kappa shape index (κ2) is 23.3. The molecule has 0 radical (unpaired) electrons. The van der Waals surface area contributed by atoms with Crippen LogP contribution in [0.25, 0.3) is 0 Å². The van der Waals surface area contributed by atoms with Crippen LogP contribution in [0.15, 0.2) is 54.6 Å². The van der Waals surface area contributed by atoms with Crippen molar-refractivity contribution in [1.82, 2.24) is 31.7 Å². The molecular weight excluding hydrogens is 823 g/mol. The van der Waals surface area contributed by atoms with Gasteiger partial charge in [-0.05, 0) is 81.5 Å². The minimum Gasteiger partial charge on any atom is -0.508 e. The maximum absolute atomic E-state index is 14.0. The number of alkyl carbamates (subject to hydrolysis) is 2. The van der Waals surface area contributed by atoms with E-state index in [1.54, 1.807) is 46.8 Å². The molecule has 0 bridgehead atoms. The Bertz CT molecular complexity index is 1550. The Morgan fingerprint density at radius 2 is 1.42 bits per heavy atom. The molecule has 0 unspecified atom stereocenters. The number of unbranched alkanes of at least 4 members (excludes halogenated alkanes) is 1. The number of hydrogen-bond acceptors (Lipinski definition) is 9. The van der Waals surface area contributed by atoms with E-state index in [0.717, 1.165) is 10.6 Å². The van der Waals surface area contributed by atoms with Crippen molar-refractivity contribution in [2.75, 3.05) is 11.0 Å². The largest absolute Gasteiger partial charge is 0.508 e. The van der Waals surface area contributed by atoms with Gasteiger partial charge in [0.2, 0.25) is 11.8 Å². The molecular formula is C39H57IN6O9. The van der Waals surface area contributed by atoms with E-state index < -0.39 is 53.6 Å². The highest BCUT2D eigenvalue weighted by Gasteiger charge is 2.33. The Morgan fingerprint density at radius 1 is 0.782 bits per heavy atom. The average molecular weight is 881 g/mol. The van der Waals surface area contributed by atoms with Gasteiger partial charge in [0, 0.05) is 6.54 Å². The highest BCUT2D eigenvalue weighted by atomic mass is 127. The molecule has 0 aliphatic rings. The lowest BCUT2D eigenvalue weighted by molar-refractivity contribution is -0.142. The summed E-state index contributed by atoms with van der Waals surface area (Å²) in [6, 6.07) is 12.2. The first-order valence-corrected chi connectivity index (χ1v) is 19.9. The molecule has 0 spiro atoms. The fourth-order valence-electron chi connectivity index (χ4n) is 5.17. The average Bonchev–Trinajstić information content (AvgIpc) is 3.11. The maximum Gasteiger partial charge on any atom is 0.408 e. The zero-order valence-corrected chi connectivity index (χ0v) is 34.9. The molecule has 0 aliphatic heterocycles. The van der Waals surface area contributed by atoms with E-state index in [0.29, 0.717) is 18.4 Å². The number of aromatic hydroxyl groups is 1. The van der Waals surface area contributed by atoms with Crippen LogP contribution in [-0.2, 0) is 41.8 Å². The van der Waals surface area contributed by atoms with Crippen molar-refractivity contribution in [3.63, 3.8) is 0 Å². The number of phenolic OH excluding ortho intramolecular Hbond substituents is 1. The van der Waals surface area contributed by atoms with Crippen LogP contribution in [0, 0.1) is 11.8 Å². The summed E-state index contributed by atoms with van der Waals surface area (Å²) in [4.78, 5) is 79.0. The van der Waals surface area contributed by atoms with Gasteiger partial charge in [0.15, 0.2) is 0 Å². The number of alkyl halides is 1. The van der Waals surface area contributed by atoms with Gasteiger partial charge in [0.1, 0.15) is 36.1 Å². The summed E-state index contributed by atoms with van der Waals surface area (Å²) in [5, 5.41) is 21.6. The zero-order chi connectivity index (χ0) is 41.1. The Hall–Kier alpha value is -4.61. The third kappa shape index (κ3) is 18.5. The van der Waals surface area contributed by atoms with Crippen molar-refractivity contribution in [2.24, 2.45) is 11.8 Å². The summed E-state index contributed by atoms with van der Waals surface area (Å²) in [5.74, 6) is -2.65. The van der Waals surface area contributed by atoms with Gasteiger partial charge >= 0.3 is 12.2 Å². The third-order valence-electron chi connectivity index (χ3n) is 7.93. The molecule has 2 rings (SSSR count). The number of nitrogens with one attached hydrogen (secondary N) is 5. The molecule has 0 heterocycles. The van der Waals surface area contributed by atoms with E-state index in [1.807, 2.05) is 66.8 Å². The number of amides is 6. The number of hydrogen-bond donors (Lipinski definition) is 6. The standard InChI is InChI=1S/C39H57IN6O9/c1-25(2)21-31(35(50)45-46(32(48)22-40)23-27-16-18-29(47)19-17-27)43-34(49)30(42-36(51)33(26(3)4)44-38(53)55-39(5,6)7)15-11-12-20-41-37(52)54-24-28-13-9-8-10-14-28/h8-10,13-14,16-19,25-26,30-31,33,47H,11-12,15,20-24H2,1-7H3,(H,41,52)(H,42,51)(H,43,49)(H,44,53)(H,45,50)/t30-,31-,33-/m0/s1. The van der Waals surface area contributed by atoms with Gasteiger partial charge in [0.25, 0.3) is 11.8 Å². The van der Waals surface area contributed by atoms with Crippen molar-refractivity contribution in [3.05, 3.63) is 65.7 Å². The monoisotopic (exact) mass is 880 g/mol. The van der Waals surface area contributed by atoms with Gasteiger partial charge in [-0.2, -0.15) is 0 Å². The predicted molar refractivity (Wildman–Crippen MR) is 215 cm³/mol. The van der Waals surface area contributed by atoms with Crippen molar-refractivity contribution in [3.8, 4) is 5.75 Å². The minimum atomic E-state index is -1.13. The molecule has 2 aromatic carbocycles. The summed E-state index contributed by atoms with van der Waals surface area (Å²) in [5.41, 5.74) is 3.34. The molecule has 0 aromatic heterocycles. The topological polar surface area (TPSA) is 204 Å². The van der Waals surface area contributed by atoms with Crippen LogP contribution in [0.5, 0.6) is 5.75 Å². The van der Waals surface area contributed by atoms with E-state index in [2.05, 4.69) is 26.7 Å². The number of ether oxygens (including phenoxy) is 2. The molecule has 2 aromatic rings. The molecule has 6 amide bonds. The predicted octanol–water partition coefficient (Wildman–Crippen LogP) is 4.85. The van der Waals surface area contributed by atoms with Crippen molar-refractivity contribution in [1.29, 1.82) is 0 Å². The number of carbonyl (C=O) groups excluding carboxylic acids is 6. The maximum atomic E-state index is 14.0. The lowest BCUT2D eigenvalue weighted by atomic mass is 10.0. The molecule has 0 saturated heterocycles. The van der Waals surface area contributed by atoms with E-state index >= 15 is 0 Å². The Balaban J connectivity index is 2.21. The second-order valence-electron chi connectivity index (χ2n) is 14.9. The molecule has 0 fully saturated rings. The molecule has 0 aliphatic carbocycles. The molecule has 55 heavy (non-hydrogen) atoms. The van der Waals surface area contributed by atoms with Crippen LogP contribution >= 0.6 is 22.6 Å². The van der Waals surface area contributed by atoms with Gasteiger partial charge in [0.05, 0.1) is 11.0 Å². The van der Waals surface area contributed by atoms with Crippen LogP contribution in [0.3, 0.4) is 0 Å². The number of phenols is 1. The molecule has 3 atom stereocenters. The van der Waals surface area contributed by atoms with Crippen molar-refractivity contribution in [2.45, 2.75) is 111 Å². The van der Waals surface area contributed by atoms with E-state index in [1.165, 1.54) is 12.1 Å². The summed E-state index contributed by atoms with van der Waals surface area (Å²) in [6.07, 6.45) is -0.222. The van der Waals surface area contributed by atoms with E-state index in [4.69, 9.17) is 9.47 Å². The molecule has 16 heteroatoms. The number of halogens is 1. The Labute approximate surface area is 337 Å². The van der Waals surface area contributed by atoms with Gasteiger partial charge in [-0.3, -0.25) is 24.6 Å². The lowest BCUT2D eigenvalue weighted by Gasteiger charge is -2.29. The van der Waals surface area contributed by atoms with Crippen LogP contribution in [0.4, 0.5) is 9.59 Å². The first-order chi connectivity index (χ1) is 25.9. The van der Waals surface area contributed by atoms with Gasteiger partial charge in [-0.25, -0.2) is 14.6 Å². The van der Waals surface area contributed by atoms with Gasteiger partial charge < -0.3 is 35.8 Å². The van der Waals surface area contributed by atoms with E-state index in [-0.39, 0.29) is 60.5 Å². The van der Waals surface area contributed by atoms with Crippen molar-refractivity contribution < 1.29 is 43.3 Å². The zero-order valence-electron chi connectivity index (χ0n) is 32.8. The quantitative estimate of drug-likeness (QED) is 0.0494. The number of benzene rings is 2.